The van der Waals surface area contributed by atoms with Gasteiger partial charge in [-0.1, -0.05) is 0 Å². The van der Waals surface area contributed by atoms with Gasteiger partial charge in [0.1, 0.15) is 5.76 Å². The van der Waals surface area contributed by atoms with Crippen molar-refractivity contribution in [3.63, 3.8) is 0 Å². The van der Waals surface area contributed by atoms with Crippen LogP contribution in [0, 0.1) is 25.7 Å². The van der Waals surface area contributed by atoms with Crippen LogP contribution in [0.2, 0.25) is 0 Å². The molecule has 9 heteroatoms. The van der Waals surface area contributed by atoms with Crippen LogP contribution in [0.25, 0.3) is 0 Å². The lowest BCUT2D eigenvalue weighted by Gasteiger charge is -2.34. The Morgan fingerprint density at radius 3 is 2.41 bits per heavy atom. The van der Waals surface area contributed by atoms with Crippen molar-refractivity contribution < 1.29 is 13.9 Å². The highest BCUT2D eigenvalue weighted by Gasteiger charge is 2.28. The zero-order chi connectivity index (χ0) is 22.2. The zero-order valence-corrected chi connectivity index (χ0v) is 22.4. The summed E-state index contributed by atoms with van der Waals surface area (Å²) in [5.74, 6) is 3.31. The molecule has 1 aromatic rings. The standard InChI is InChI=1S/C23H39N5O3.HI/c1-5-24-23(28-13-9-20(10-14-28)22(29)30-6-2)25-15-19-7-11-27(12-8-19)16-21-26-17(3)18(4)31-21;/h19-20H,5-16H2,1-4H3,(H,24,25);1H. The fraction of sp³-hybridized carbons (Fsp3) is 0.783. The van der Waals surface area contributed by atoms with Gasteiger partial charge in [0.2, 0.25) is 5.89 Å². The minimum Gasteiger partial charge on any atom is -0.466 e. The van der Waals surface area contributed by atoms with Crippen LogP contribution in [-0.2, 0) is 16.1 Å². The van der Waals surface area contributed by atoms with E-state index in [-0.39, 0.29) is 35.9 Å². The number of halogens is 1. The minimum absolute atomic E-state index is 0. The molecule has 3 rings (SSSR count). The van der Waals surface area contributed by atoms with E-state index in [9.17, 15) is 4.79 Å². The van der Waals surface area contributed by atoms with E-state index in [1.54, 1.807) is 0 Å². The van der Waals surface area contributed by atoms with Gasteiger partial charge in [0.15, 0.2) is 5.96 Å². The SMILES string of the molecule is CCNC(=NCC1CCN(Cc2nc(C)c(C)o2)CC1)N1CCC(C(=O)OCC)CC1.I. The number of hydrogen-bond acceptors (Lipinski definition) is 6. The number of likely N-dealkylation sites (tertiary alicyclic amines) is 2. The average Bonchev–Trinajstić information content (AvgIpc) is 3.09. The van der Waals surface area contributed by atoms with Crippen LogP contribution >= 0.6 is 24.0 Å². The van der Waals surface area contributed by atoms with Crippen molar-refractivity contribution in [3.8, 4) is 0 Å². The van der Waals surface area contributed by atoms with Gasteiger partial charge >= 0.3 is 5.97 Å². The number of aliphatic imine (C=N–C) groups is 1. The van der Waals surface area contributed by atoms with Gasteiger partial charge in [-0.25, -0.2) is 4.98 Å². The van der Waals surface area contributed by atoms with Gasteiger partial charge in [-0.15, -0.1) is 24.0 Å². The van der Waals surface area contributed by atoms with Crippen LogP contribution in [0.3, 0.4) is 0 Å². The van der Waals surface area contributed by atoms with E-state index in [1.807, 2.05) is 20.8 Å². The molecule has 32 heavy (non-hydrogen) atoms. The Balaban J connectivity index is 0.00000363. The number of ether oxygens (including phenoxy) is 1. The van der Waals surface area contributed by atoms with E-state index in [4.69, 9.17) is 14.1 Å². The van der Waals surface area contributed by atoms with Crippen molar-refractivity contribution in [3.05, 3.63) is 17.3 Å². The van der Waals surface area contributed by atoms with Crippen molar-refractivity contribution in [1.29, 1.82) is 0 Å². The minimum atomic E-state index is -0.0501. The molecular formula is C23H40IN5O3. The van der Waals surface area contributed by atoms with Crippen LogP contribution in [0.5, 0.6) is 0 Å². The fourth-order valence-electron chi connectivity index (χ4n) is 4.35. The molecule has 0 aromatic carbocycles. The van der Waals surface area contributed by atoms with Gasteiger partial charge in [0.25, 0.3) is 0 Å². The molecule has 0 aliphatic carbocycles. The maximum Gasteiger partial charge on any atom is 0.309 e. The number of carbonyl (C=O) groups excluding carboxylic acids is 1. The summed E-state index contributed by atoms with van der Waals surface area (Å²) in [6.07, 6.45) is 3.96. The summed E-state index contributed by atoms with van der Waals surface area (Å²) < 4.78 is 10.9. The Morgan fingerprint density at radius 2 is 1.84 bits per heavy atom. The summed E-state index contributed by atoms with van der Waals surface area (Å²) in [4.78, 5) is 26.2. The van der Waals surface area contributed by atoms with Crippen LogP contribution in [0.15, 0.2) is 9.41 Å². The largest absolute Gasteiger partial charge is 0.466 e. The third-order valence-electron chi connectivity index (χ3n) is 6.39. The Labute approximate surface area is 209 Å². The van der Waals surface area contributed by atoms with Crippen molar-refractivity contribution in [1.82, 2.24) is 20.1 Å². The third-order valence-corrected chi connectivity index (χ3v) is 6.39. The summed E-state index contributed by atoms with van der Waals surface area (Å²) >= 11 is 0. The van der Waals surface area contributed by atoms with Crippen molar-refractivity contribution in [2.24, 2.45) is 16.8 Å². The number of nitrogens with one attached hydrogen (secondary N) is 1. The Morgan fingerprint density at radius 1 is 1.16 bits per heavy atom. The number of piperidine rings is 2. The fourth-order valence-corrected chi connectivity index (χ4v) is 4.35. The average molecular weight is 562 g/mol. The number of aromatic nitrogens is 1. The van der Waals surface area contributed by atoms with E-state index in [0.717, 1.165) is 94.8 Å². The number of aryl methyl sites for hydroxylation is 2. The second kappa shape index (κ2) is 13.4. The van der Waals surface area contributed by atoms with Crippen molar-refractivity contribution >= 4 is 35.9 Å². The maximum absolute atomic E-state index is 12.0. The quantitative estimate of drug-likeness (QED) is 0.237. The molecule has 0 radical (unpaired) electrons. The molecule has 2 saturated heterocycles. The van der Waals surface area contributed by atoms with E-state index in [0.29, 0.717) is 12.5 Å². The molecule has 0 bridgehead atoms. The van der Waals surface area contributed by atoms with Crippen LogP contribution in [0.1, 0.15) is 56.9 Å². The Hall–Kier alpha value is -1.36. The van der Waals surface area contributed by atoms with Crippen molar-refractivity contribution in [2.45, 2.75) is 59.9 Å². The van der Waals surface area contributed by atoms with Gasteiger partial charge in [-0.2, -0.15) is 0 Å². The first-order chi connectivity index (χ1) is 15.0. The second-order valence-electron chi connectivity index (χ2n) is 8.68. The predicted octanol–water partition coefficient (Wildman–Crippen LogP) is 3.36. The topological polar surface area (TPSA) is 83.2 Å². The van der Waals surface area contributed by atoms with Crippen molar-refractivity contribution in [2.75, 3.05) is 45.9 Å². The molecule has 2 aliphatic rings. The first-order valence-electron chi connectivity index (χ1n) is 11.8. The molecule has 0 spiro atoms. The highest BCUT2D eigenvalue weighted by molar-refractivity contribution is 14.0. The highest BCUT2D eigenvalue weighted by Crippen LogP contribution is 2.21. The molecule has 2 aliphatic heterocycles. The molecular weight excluding hydrogens is 521 g/mol. The summed E-state index contributed by atoms with van der Waals surface area (Å²) in [6, 6.07) is 0. The number of carbonyl (C=O) groups is 1. The molecule has 0 atom stereocenters. The van der Waals surface area contributed by atoms with E-state index in [2.05, 4.69) is 27.0 Å². The summed E-state index contributed by atoms with van der Waals surface area (Å²) in [7, 11) is 0. The maximum atomic E-state index is 12.0. The van der Waals surface area contributed by atoms with Gasteiger partial charge < -0.3 is 19.4 Å². The second-order valence-corrected chi connectivity index (χ2v) is 8.68. The summed E-state index contributed by atoms with van der Waals surface area (Å²) in [5, 5.41) is 3.44. The molecule has 0 unspecified atom stereocenters. The molecule has 1 aromatic heterocycles. The van der Waals surface area contributed by atoms with Crippen LogP contribution in [-0.4, -0.2) is 72.6 Å². The number of esters is 1. The Kier molecular flexibility index (Phi) is 11.2. The summed E-state index contributed by atoms with van der Waals surface area (Å²) in [6.45, 7) is 14.7. The molecule has 0 saturated carbocycles. The number of guanidine groups is 1. The lowest BCUT2D eigenvalue weighted by atomic mass is 9.96. The zero-order valence-electron chi connectivity index (χ0n) is 20.1. The summed E-state index contributed by atoms with van der Waals surface area (Å²) in [5.41, 5.74) is 0.987. The third kappa shape index (κ3) is 7.60. The normalized spacial score (nSPS) is 19.0. The van der Waals surface area contributed by atoms with E-state index < -0.39 is 0 Å². The molecule has 182 valence electrons. The number of hydrogen-bond donors (Lipinski definition) is 1. The molecule has 2 fully saturated rings. The molecule has 8 nitrogen and oxygen atoms in total. The number of nitrogens with zero attached hydrogens (tertiary/aromatic N) is 4. The molecule has 1 N–H and O–H groups in total. The Bertz CT molecular complexity index is 718. The van der Waals surface area contributed by atoms with Crippen LogP contribution in [0.4, 0.5) is 0 Å². The van der Waals surface area contributed by atoms with Gasteiger partial charge in [0, 0.05) is 26.2 Å². The van der Waals surface area contributed by atoms with Gasteiger partial charge in [0.05, 0.1) is 24.8 Å². The highest BCUT2D eigenvalue weighted by atomic mass is 127. The molecule has 0 amide bonds. The monoisotopic (exact) mass is 561 g/mol. The van der Waals surface area contributed by atoms with Gasteiger partial charge in [-0.05, 0) is 72.4 Å². The van der Waals surface area contributed by atoms with E-state index >= 15 is 0 Å². The lowest BCUT2D eigenvalue weighted by Crippen LogP contribution is -2.47. The number of rotatable bonds is 7. The van der Waals surface area contributed by atoms with E-state index in [1.165, 1.54) is 0 Å². The smallest absolute Gasteiger partial charge is 0.309 e. The lowest BCUT2D eigenvalue weighted by molar-refractivity contribution is -0.149. The predicted molar refractivity (Wildman–Crippen MR) is 136 cm³/mol. The molecule has 3 heterocycles. The van der Waals surface area contributed by atoms with Crippen LogP contribution < -0.4 is 5.32 Å². The number of oxazole rings is 1. The first kappa shape index (κ1) is 26.9. The first-order valence-corrected chi connectivity index (χ1v) is 11.8. The van der Waals surface area contributed by atoms with Gasteiger partial charge in [-0.3, -0.25) is 14.7 Å².